The van der Waals surface area contributed by atoms with Gasteiger partial charge >= 0.3 is 5.63 Å². The van der Waals surface area contributed by atoms with Crippen LogP contribution in [0.2, 0.25) is 0 Å². The van der Waals surface area contributed by atoms with Gasteiger partial charge in [-0.3, -0.25) is 10.1 Å². The Morgan fingerprint density at radius 2 is 1.50 bits per heavy atom. The van der Waals surface area contributed by atoms with E-state index in [2.05, 4.69) is 0 Å². The SMILES string of the molecule is O=c1oc2ccccc2c2nc3ccc4ccccc4c3c(-c3ccccc3[N+](=O)[O-])c12. The molecule has 6 rings (SSSR count). The van der Waals surface area contributed by atoms with E-state index >= 15 is 0 Å². The normalized spacial score (nSPS) is 11.5. The van der Waals surface area contributed by atoms with E-state index in [0.717, 1.165) is 10.8 Å². The Morgan fingerprint density at radius 1 is 0.781 bits per heavy atom. The van der Waals surface area contributed by atoms with Crippen molar-refractivity contribution >= 4 is 49.2 Å². The van der Waals surface area contributed by atoms with Crippen LogP contribution in [-0.4, -0.2) is 9.91 Å². The highest BCUT2D eigenvalue weighted by Crippen LogP contribution is 2.42. The van der Waals surface area contributed by atoms with Gasteiger partial charge in [0.15, 0.2) is 0 Å². The summed E-state index contributed by atoms with van der Waals surface area (Å²) in [4.78, 5) is 29.6. The highest BCUT2D eigenvalue weighted by Gasteiger charge is 2.24. The molecule has 0 bridgehead atoms. The fourth-order valence-corrected chi connectivity index (χ4v) is 4.45. The largest absolute Gasteiger partial charge is 0.422 e. The molecule has 0 fully saturated rings. The summed E-state index contributed by atoms with van der Waals surface area (Å²) in [6.45, 7) is 0. The molecule has 0 N–H and O–H groups in total. The summed E-state index contributed by atoms with van der Waals surface area (Å²) in [5.74, 6) is 0. The van der Waals surface area contributed by atoms with Crippen molar-refractivity contribution in [1.82, 2.24) is 4.98 Å². The van der Waals surface area contributed by atoms with Crippen LogP contribution < -0.4 is 5.63 Å². The second-order valence-corrected chi connectivity index (χ2v) is 7.55. The zero-order valence-corrected chi connectivity index (χ0v) is 16.6. The van der Waals surface area contributed by atoms with Gasteiger partial charge in [-0.25, -0.2) is 9.78 Å². The molecule has 0 aliphatic heterocycles. The molecular formula is C26H14N2O4. The van der Waals surface area contributed by atoms with E-state index in [-0.39, 0.29) is 11.1 Å². The maximum Gasteiger partial charge on any atom is 0.346 e. The summed E-state index contributed by atoms with van der Waals surface area (Å²) in [7, 11) is 0. The van der Waals surface area contributed by atoms with Crippen molar-refractivity contribution in [3.05, 3.63) is 105 Å². The number of para-hydroxylation sites is 2. The van der Waals surface area contributed by atoms with Gasteiger partial charge in [-0.2, -0.15) is 0 Å². The lowest BCUT2D eigenvalue weighted by molar-refractivity contribution is -0.384. The second kappa shape index (κ2) is 6.72. The minimum Gasteiger partial charge on any atom is -0.422 e. The molecule has 0 atom stereocenters. The van der Waals surface area contributed by atoms with Crippen molar-refractivity contribution in [2.75, 3.05) is 0 Å². The van der Waals surface area contributed by atoms with Crippen LogP contribution in [0.25, 0.3) is 54.7 Å². The molecule has 6 nitrogen and oxygen atoms in total. The summed E-state index contributed by atoms with van der Waals surface area (Å²) in [6.07, 6.45) is 0. The number of aromatic nitrogens is 1. The first-order chi connectivity index (χ1) is 15.6. The van der Waals surface area contributed by atoms with E-state index in [0.29, 0.717) is 38.5 Å². The molecule has 0 saturated heterocycles. The Bertz CT molecular complexity index is 1790. The maximum atomic E-state index is 13.3. The monoisotopic (exact) mass is 418 g/mol. The third-order valence-electron chi connectivity index (χ3n) is 5.80. The van der Waals surface area contributed by atoms with Gasteiger partial charge in [0.2, 0.25) is 0 Å². The summed E-state index contributed by atoms with van der Waals surface area (Å²) in [5.41, 5.74) is 1.71. The van der Waals surface area contributed by atoms with Crippen LogP contribution in [0, 0.1) is 10.1 Å². The van der Waals surface area contributed by atoms with Crippen molar-refractivity contribution in [3.8, 4) is 11.1 Å². The average molecular weight is 418 g/mol. The van der Waals surface area contributed by atoms with Crippen molar-refractivity contribution in [1.29, 1.82) is 0 Å². The molecule has 0 radical (unpaired) electrons. The topological polar surface area (TPSA) is 86.2 Å². The van der Waals surface area contributed by atoms with Crippen LogP contribution in [0.1, 0.15) is 0 Å². The molecule has 6 heteroatoms. The number of hydrogen-bond donors (Lipinski definition) is 0. The number of nitro groups is 1. The molecule has 2 aromatic heterocycles. The van der Waals surface area contributed by atoms with Crippen molar-refractivity contribution in [2.45, 2.75) is 0 Å². The average Bonchev–Trinajstić information content (AvgIpc) is 2.82. The molecule has 6 aromatic rings. The number of fused-ring (bicyclic) bond motifs is 6. The lowest BCUT2D eigenvalue weighted by atomic mass is 9.92. The van der Waals surface area contributed by atoms with E-state index in [4.69, 9.17) is 9.40 Å². The number of rotatable bonds is 2. The summed E-state index contributed by atoms with van der Waals surface area (Å²) in [5, 5.41) is 15.3. The fourth-order valence-electron chi connectivity index (χ4n) is 4.45. The van der Waals surface area contributed by atoms with Crippen molar-refractivity contribution < 1.29 is 9.34 Å². The highest BCUT2D eigenvalue weighted by atomic mass is 16.6. The molecule has 0 aliphatic rings. The van der Waals surface area contributed by atoms with Crippen molar-refractivity contribution in [3.63, 3.8) is 0 Å². The predicted octanol–water partition coefficient (Wildman–Crippen LogP) is 6.22. The molecule has 32 heavy (non-hydrogen) atoms. The van der Waals surface area contributed by atoms with Gasteiger partial charge in [-0.1, -0.05) is 54.6 Å². The first-order valence-electron chi connectivity index (χ1n) is 10.0. The third-order valence-corrected chi connectivity index (χ3v) is 5.80. The third kappa shape index (κ3) is 2.53. The van der Waals surface area contributed by atoms with Crippen LogP contribution in [-0.2, 0) is 0 Å². The van der Waals surface area contributed by atoms with Crippen LogP contribution in [0.5, 0.6) is 0 Å². The Hall–Kier alpha value is -4.58. The quantitative estimate of drug-likeness (QED) is 0.109. The predicted molar refractivity (Wildman–Crippen MR) is 125 cm³/mol. The summed E-state index contributed by atoms with van der Waals surface area (Å²) in [6, 6.07) is 25.2. The van der Waals surface area contributed by atoms with E-state index < -0.39 is 10.5 Å². The van der Waals surface area contributed by atoms with E-state index in [1.165, 1.54) is 6.07 Å². The summed E-state index contributed by atoms with van der Waals surface area (Å²) < 4.78 is 5.63. The Kier molecular flexibility index (Phi) is 3.82. The van der Waals surface area contributed by atoms with Gasteiger partial charge in [0.05, 0.1) is 26.9 Å². The van der Waals surface area contributed by atoms with E-state index in [1.807, 2.05) is 48.5 Å². The number of nitrogens with zero attached hydrogens (tertiary/aromatic N) is 2. The van der Waals surface area contributed by atoms with E-state index in [1.54, 1.807) is 30.3 Å². The zero-order valence-electron chi connectivity index (χ0n) is 16.6. The van der Waals surface area contributed by atoms with Gasteiger partial charge < -0.3 is 4.42 Å². The van der Waals surface area contributed by atoms with Gasteiger partial charge in [-0.15, -0.1) is 0 Å². The van der Waals surface area contributed by atoms with Gasteiger partial charge in [0, 0.05) is 22.4 Å². The molecule has 152 valence electrons. The highest BCUT2D eigenvalue weighted by molar-refractivity contribution is 6.22. The molecule has 0 spiro atoms. The Labute approximate surface area is 180 Å². The molecular weight excluding hydrogens is 404 g/mol. The zero-order chi connectivity index (χ0) is 21.8. The molecule has 0 saturated carbocycles. The van der Waals surface area contributed by atoms with Crippen LogP contribution in [0.15, 0.2) is 94.1 Å². The molecule has 4 aromatic carbocycles. The first-order valence-corrected chi connectivity index (χ1v) is 10.0. The van der Waals surface area contributed by atoms with Gasteiger partial charge in [0.1, 0.15) is 5.58 Å². The maximum absolute atomic E-state index is 13.3. The first kappa shape index (κ1) is 18.2. The lowest BCUT2D eigenvalue weighted by Crippen LogP contribution is -2.05. The van der Waals surface area contributed by atoms with E-state index in [9.17, 15) is 14.9 Å². The summed E-state index contributed by atoms with van der Waals surface area (Å²) >= 11 is 0. The van der Waals surface area contributed by atoms with Crippen LogP contribution >= 0.6 is 0 Å². The standard InChI is InChI=1S/C26H14N2O4/c29-26-24-23(17-9-3-5-11-20(17)28(30)31)22-16-8-2-1-7-15(16)13-14-19(22)27-25(24)18-10-4-6-12-21(18)32-26/h1-14H. The molecule has 2 heterocycles. The van der Waals surface area contributed by atoms with Crippen molar-refractivity contribution in [2.24, 2.45) is 0 Å². The van der Waals surface area contributed by atoms with Crippen LogP contribution in [0.4, 0.5) is 5.69 Å². The Morgan fingerprint density at radius 3 is 2.34 bits per heavy atom. The van der Waals surface area contributed by atoms with Gasteiger partial charge in [0.25, 0.3) is 5.69 Å². The molecule has 0 amide bonds. The second-order valence-electron chi connectivity index (χ2n) is 7.55. The number of nitro benzene ring substituents is 1. The number of pyridine rings is 1. The number of hydrogen-bond acceptors (Lipinski definition) is 5. The fraction of sp³-hybridized carbons (Fsp3) is 0. The smallest absolute Gasteiger partial charge is 0.346 e. The lowest BCUT2D eigenvalue weighted by Gasteiger charge is -2.14. The number of benzene rings is 4. The van der Waals surface area contributed by atoms with Gasteiger partial charge in [-0.05, 0) is 35.0 Å². The minimum atomic E-state index is -0.575. The minimum absolute atomic E-state index is 0.0817. The molecule has 0 unspecified atom stereocenters. The Balaban J connectivity index is 1.98. The molecule has 0 aliphatic carbocycles. The van der Waals surface area contributed by atoms with Crippen LogP contribution in [0.3, 0.4) is 0 Å².